The Morgan fingerprint density at radius 2 is 2.29 bits per heavy atom. The highest BCUT2D eigenvalue weighted by molar-refractivity contribution is 5.79. The number of fused-ring (bicyclic) bond motifs is 1. The third kappa shape index (κ3) is 1.81. The Morgan fingerprint density at radius 1 is 1.41 bits per heavy atom. The molecular weight excluding hydrogens is 216 g/mol. The molecule has 1 aromatic heterocycles. The number of pyridine rings is 1. The fraction of sp³-hybridized carbons (Fsp3) is 0.500. The van der Waals surface area contributed by atoms with Crippen LogP contribution >= 0.6 is 0 Å². The van der Waals surface area contributed by atoms with E-state index in [9.17, 15) is 4.79 Å². The monoisotopic (exact) mass is 232 g/mol. The van der Waals surface area contributed by atoms with Crippen LogP contribution in [0, 0.1) is 0 Å². The van der Waals surface area contributed by atoms with Gasteiger partial charge in [-0.3, -0.25) is 4.79 Å². The molecule has 2 fully saturated rings. The number of carbonyl (C=O) groups excluding carboxylic acids is 1. The normalized spacial score (nSPS) is 24.0. The van der Waals surface area contributed by atoms with E-state index in [1.54, 1.807) is 6.20 Å². The first-order valence-electron chi connectivity index (χ1n) is 6.00. The van der Waals surface area contributed by atoms with Gasteiger partial charge in [0.2, 0.25) is 5.91 Å². The quantitative estimate of drug-likeness (QED) is 0.764. The fourth-order valence-electron chi connectivity index (χ4n) is 2.73. The highest BCUT2D eigenvalue weighted by atomic mass is 16.2. The Bertz CT molecular complexity index is 448. The fourth-order valence-corrected chi connectivity index (χ4v) is 2.73. The average molecular weight is 232 g/mol. The largest absolute Gasteiger partial charge is 0.384 e. The van der Waals surface area contributed by atoms with E-state index in [-0.39, 0.29) is 0 Å². The summed E-state index contributed by atoms with van der Waals surface area (Å²) in [6, 6.07) is 4.25. The molecule has 3 rings (SSSR count). The van der Waals surface area contributed by atoms with Crippen LogP contribution in [-0.4, -0.2) is 41.5 Å². The first kappa shape index (κ1) is 10.4. The Balaban J connectivity index is 1.77. The summed E-state index contributed by atoms with van der Waals surface area (Å²) in [5.74, 6) is 0.858. The van der Waals surface area contributed by atoms with Gasteiger partial charge in [0, 0.05) is 50.0 Å². The number of carbonyl (C=O) groups is 1. The molecule has 1 atom stereocenters. The van der Waals surface area contributed by atoms with E-state index < -0.39 is 0 Å². The maximum atomic E-state index is 11.6. The molecule has 1 aromatic rings. The molecule has 0 radical (unpaired) electrons. The van der Waals surface area contributed by atoms with Crippen molar-refractivity contribution in [2.75, 3.05) is 30.3 Å². The van der Waals surface area contributed by atoms with Crippen molar-refractivity contribution in [1.29, 1.82) is 0 Å². The smallest absolute Gasteiger partial charge is 0.223 e. The molecule has 2 N–H and O–H groups in total. The van der Waals surface area contributed by atoms with E-state index in [0.29, 0.717) is 24.2 Å². The molecule has 2 saturated heterocycles. The van der Waals surface area contributed by atoms with E-state index in [1.807, 2.05) is 17.0 Å². The molecule has 0 aromatic carbocycles. The van der Waals surface area contributed by atoms with Crippen LogP contribution in [0.1, 0.15) is 12.8 Å². The van der Waals surface area contributed by atoms with Crippen LogP contribution in [0.2, 0.25) is 0 Å². The van der Waals surface area contributed by atoms with E-state index in [1.165, 1.54) is 0 Å². The van der Waals surface area contributed by atoms with E-state index in [2.05, 4.69) is 9.88 Å². The highest BCUT2D eigenvalue weighted by Crippen LogP contribution is 2.26. The lowest BCUT2D eigenvalue weighted by Gasteiger charge is -2.38. The van der Waals surface area contributed by atoms with Gasteiger partial charge in [0.05, 0.1) is 0 Å². The van der Waals surface area contributed by atoms with Crippen LogP contribution in [-0.2, 0) is 4.79 Å². The third-order valence-electron chi connectivity index (χ3n) is 3.62. The van der Waals surface area contributed by atoms with Crippen LogP contribution in [0.15, 0.2) is 18.3 Å². The molecule has 3 heterocycles. The molecule has 5 heteroatoms. The van der Waals surface area contributed by atoms with Gasteiger partial charge in [-0.2, -0.15) is 0 Å². The van der Waals surface area contributed by atoms with Gasteiger partial charge in [-0.05, 0) is 12.5 Å². The van der Waals surface area contributed by atoms with Crippen LogP contribution in [0.3, 0.4) is 0 Å². The summed E-state index contributed by atoms with van der Waals surface area (Å²) in [6.07, 6.45) is 3.42. The average Bonchev–Trinajstić information content (AvgIpc) is 2.71. The maximum Gasteiger partial charge on any atom is 0.223 e. The van der Waals surface area contributed by atoms with E-state index >= 15 is 0 Å². The molecule has 0 unspecified atom stereocenters. The van der Waals surface area contributed by atoms with Gasteiger partial charge in [0.1, 0.15) is 5.82 Å². The number of anilines is 2. The SMILES string of the molecule is Nc1cc(N2CCN3C(=O)CC[C@H]3C2)ccn1. The molecule has 2 aliphatic heterocycles. The Hall–Kier alpha value is -1.78. The van der Waals surface area contributed by atoms with Gasteiger partial charge < -0.3 is 15.5 Å². The van der Waals surface area contributed by atoms with Crippen LogP contribution in [0.4, 0.5) is 11.5 Å². The van der Waals surface area contributed by atoms with Crippen molar-refractivity contribution in [1.82, 2.24) is 9.88 Å². The summed E-state index contributed by atoms with van der Waals surface area (Å²) in [7, 11) is 0. The predicted octanol–water partition coefficient (Wildman–Crippen LogP) is 0.475. The number of rotatable bonds is 1. The molecule has 0 bridgehead atoms. The maximum absolute atomic E-state index is 11.6. The molecule has 1 amide bonds. The van der Waals surface area contributed by atoms with Crippen LogP contribution < -0.4 is 10.6 Å². The Morgan fingerprint density at radius 3 is 3.12 bits per heavy atom. The summed E-state index contributed by atoms with van der Waals surface area (Å²) in [5.41, 5.74) is 6.80. The number of amides is 1. The number of nitrogens with zero attached hydrogens (tertiary/aromatic N) is 3. The Labute approximate surface area is 100 Å². The van der Waals surface area contributed by atoms with Crippen molar-refractivity contribution in [2.24, 2.45) is 0 Å². The summed E-state index contributed by atoms with van der Waals surface area (Å²) in [5, 5.41) is 0. The first-order valence-corrected chi connectivity index (χ1v) is 6.00. The summed E-state index contributed by atoms with van der Waals surface area (Å²) < 4.78 is 0. The minimum Gasteiger partial charge on any atom is -0.384 e. The highest BCUT2D eigenvalue weighted by Gasteiger charge is 2.35. The third-order valence-corrected chi connectivity index (χ3v) is 3.62. The van der Waals surface area contributed by atoms with Crippen molar-refractivity contribution in [3.8, 4) is 0 Å². The molecule has 2 aliphatic rings. The van der Waals surface area contributed by atoms with Crippen molar-refractivity contribution in [3.05, 3.63) is 18.3 Å². The van der Waals surface area contributed by atoms with Crippen molar-refractivity contribution >= 4 is 17.4 Å². The zero-order valence-electron chi connectivity index (χ0n) is 9.67. The van der Waals surface area contributed by atoms with Crippen molar-refractivity contribution in [3.63, 3.8) is 0 Å². The van der Waals surface area contributed by atoms with Crippen molar-refractivity contribution < 1.29 is 4.79 Å². The predicted molar refractivity (Wildman–Crippen MR) is 65.6 cm³/mol. The molecular formula is C12H16N4O. The molecule has 0 spiro atoms. The second-order valence-electron chi connectivity index (χ2n) is 4.66. The van der Waals surface area contributed by atoms with Gasteiger partial charge in [-0.1, -0.05) is 0 Å². The van der Waals surface area contributed by atoms with Gasteiger partial charge in [-0.25, -0.2) is 4.98 Å². The molecule has 17 heavy (non-hydrogen) atoms. The first-order chi connectivity index (χ1) is 8.24. The van der Waals surface area contributed by atoms with Crippen molar-refractivity contribution in [2.45, 2.75) is 18.9 Å². The van der Waals surface area contributed by atoms with Gasteiger partial charge in [0.15, 0.2) is 0 Å². The van der Waals surface area contributed by atoms with Gasteiger partial charge in [-0.15, -0.1) is 0 Å². The lowest BCUT2D eigenvalue weighted by atomic mass is 10.1. The number of piperazine rings is 1. The lowest BCUT2D eigenvalue weighted by molar-refractivity contribution is -0.129. The topological polar surface area (TPSA) is 62.5 Å². The number of hydrogen-bond donors (Lipinski definition) is 1. The summed E-state index contributed by atoms with van der Waals surface area (Å²) in [4.78, 5) is 19.9. The van der Waals surface area contributed by atoms with E-state index in [0.717, 1.165) is 31.7 Å². The number of hydrogen-bond acceptors (Lipinski definition) is 4. The lowest BCUT2D eigenvalue weighted by Crippen LogP contribution is -2.51. The summed E-state index contributed by atoms with van der Waals surface area (Å²) in [6.45, 7) is 2.62. The van der Waals surface area contributed by atoms with Crippen LogP contribution in [0.25, 0.3) is 0 Å². The molecule has 0 aliphatic carbocycles. The number of nitrogen functional groups attached to an aromatic ring is 1. The number of aromatic nitrogens is 1. The minimum absolute atomic E-state index is 0.309. The molecule has 90 valence electrons. The Kier molecular flexibility index (Phi) is 2.39. The second-order valence-corrected chi connectivity index (χ2v) is 4.66. The van der Waals surface area contributed by atoms with E-state index in [4.69, 9.17) is 5.73 Å². The number of nitrogens with two attached hydrogens (primary N) is 1. The van der Waals surface area contributed by atoms with Gasteiger partial charge >= 0.3 is 0 Å². The second kappa shape index (κ2) is 3.91. The molecule has 5 nitrogen and oxygen atoms in total. The minimum atomic E-state index is 0.309. The molecule has 0 saturated carbocycles. The zero-order valence-corrected chi connectivity index (χ0v) is 9.67. The zero-order chi connectivity index (χ0) is 11.8. The summed E-state index contributed by atoms with van der Waals surface area (Å²) >= 11 is 0. The standard InChI is InChI=1S/C12H16N4O/c13-11-7-9(3-4-14-11)15-5-6-16-10(8-15)1-2-12(16)17/h3-4,7,10H,1-2,5-6,8H2,(H2,13,14)/t10-/m0/s1. The van der Waals surface area contributed by atoms with Gasteiger partial charge in [0.25, 0.3) is 0 Å². The van der Waals surface area contributed by atoms with Crippen LogP contribution in [0.5, 0.6) is 0 Å².